The number of carboxylic acids is 1. The average Bonchev–Trinajstić information content (AvgIpc) is 2.63. The summed E-state index contributed by atoms with van der Waals surface area (Å²) in [4.78, 5) is 10.6. The van der Waals surface area contributed by atoms with E-state index < -0.39 is 23.3 Å². The van der Waals surface area contributed by atoms with Gasteiger partial charge in [-0.15, -0.1) is 0 Å². The molecule has 0 aliphatic heterocycles. The van der Waals surface area contributed by atoms with Crippen LogP contribution in [0.5, 0.6) is 0 Å². The number of halogens is 2. The van der Waals surface area contributed by atoms with E-state index in [-0.39, 0.29) is 6.54 Å². The number of rotatable bonds is 3. The molecule has 6 heteroatoms. The number of hydrogen-bond acceptors (Lipinski definition) is 2. The minimum absolute atomic E-state index is 0.0170. The molecule has 2 aromatic rings. The van der Waals surface area contributed by atoms with Crippen molar-refractivity contribution in [3.05, 3.63) is 53.4 Å². The van der Waals surface area contributed by atoms with Crippen molar-refractivity contribution in [1.29, 1.82) is 0 Å². The molecule has 0 aliphatic rings. The van der Waals surface area contributed by atoms with E-state index in [0.29, 0.717) is 5.56 Å². The highest BCUT2D eigenvalue weighted by Gasteiger charge is 2.16. The Balaban J connectivity index is 2.28. The fraction of sp³-hybridized carbons (Fsp3) is 0.0909. The van der Waals surface area contributed by atoms with Gasteiger partial charge in [-0.2, -0.15) is 5.10 Å². The van der Waals surface area contributed by atoms with Crippen LogP contribution in [-0.4, -0.2) is 20.9 Å². The predicted octanol–water partition coefficient (Wildman–Crippen LogP) is 1.91. The Hall–Kier alpha value is -2.24. The first-order chi connectivity index (χ1) is 8.08. The number of hydrogen-bond donors (Lipinski definition) is 1. The number of carbonyl (C=O) groups is 1. The van der Waals surface area contributed by atoms with Gasteiger partial charge in [-0.25, -0.2) is 13.6 Å². The summed E-state index contributed by atoms with van der Waals surface area (Å²) in [5, 5.41) is 12.1. The molecule has 0 unspecified atom stereocenters. The average molecular weight is 238 g/mol. The molecule has 0 atom stereocenters. The smallest absolute Gasteiger partial charge is 0.359 e. The molecule has 0 fully saturated rings. The summed E-state index contributed by atoms with van der Waals surface area (Å²) in [6.07, 6.45) is 0.926. The van der Waals surface area contributed by atoms with Crippen LogP contribution in [0.15, 0.2) is 30.5 Å². The summed E-state index contributed by atoms with van der Waals surface area (Å²) in [5.41, 5.74) is -0.353. The van der Waals surface area contributed by atoms with E-state index in [1.165, 1.54) is 18.2 Å². The third-order valence-electron chi connectivity index (χ3n) is 2.21. The van der Waals surface area contributed by atoms with Crippen molar-refractivity contribution in [2.45, 2.75) is 6.54 Å². The quantitative estimate of drug-likeness (QED) is 0.888. The van der Waals surface area contributed by atoms with Crippen LogP contribution < -0.4 is 0 Å². The van der Waals surface area contributed by atoms with Gasteiger partial charge in [-0.3, -0.25) is 4.68 Å². The zero-order valence-electron chi connectivity index (χ0n) is 8.60. The monoisotopic (exact) mass is 238 g/mol. The van der Waals surface area contributed by atoms with E-state index in [9.17, 15) is 13.6 Å². The maximum atomic E-state index is 13.3. The van der Waals surface area contributed by atoms with E-state index in [4.69, 9.17) is 5.11 Å². The van der Waals surface area contributed by atoms with Crippen molar-refractivity contribution >= 4 is 5.97 Å². The van der Waals surface area contributed by atoms with E-state index in [2.05, 4.69) is 5.10 Å². The van der Waals surface area contributed by atoms with Gasteiger partial charge in [0.15, 0.2) is 5.82 Å². The summed E-state index contributed by atoms with van der Waals surface area (Å²) in [6, 6.07) is 5.96. The zero-order chi connectivity index (χ0) is 12.4. The van der Waals surface area contributed by atoms with Crippen LogP contribution in [0.2, 0.25) is 0 Å². The van der Waals surface area contributed by atoms with Gasteiger partial charge in [-0.05, 0) is 6.07 Å². The Bertz CT molecular complexity index is 566. The van der Waals surface area contributed by atoms with Gasteiger partial charge in [-0.1, -0.05) is 18.2 Å². The fourth-order valence-electron chi connectivity index (χ4n) is 1.42. The van der Waals surface area contributed by atoms with Gasteiger partial charge in [0.2, 0.25) is 5.69 Å². The van der Waals surface area contributed by atoms with E-state index >= 15 is 0 Å². The highest BCUT2D eigenvalue weighted by Crippen LogP contribution is 2.10. The summed E-state index contributed by atoms with van der Waals surface area (Å²) < 4.78 is 27.4. The Morgan fingerprint density at radius 1 is 1.29 bits per heavy atom. The lowest BCUT2D eigenvalue weighted by Crippen LogP contribution is -2.05. The first-order valence-electron chi connectivity index (χ1n) is 4.77. The molecule has 1 N–H and O–H groups in total. The fourth-order valence-corrected chi connectivity index (χ4v) is 1.42. The molecule has 4 nitrogen and oxygen atoms in total. The summed E-state index contributed by atoms with van der Waals surface area (Å²) >= 11 is 0. The summed E-state index contributed by atoms with van der Waals surface area (Å²) in [5.74, 6) is -2.83. The van der Waals surface area contributed by atoms with Gasteiger partial charge < -0.3 is 5.11 Å². The molecule has 17 heavy (non-hydrogen) atoms. The predicted molar refractivity (Wildman–Crippen MR) is 54.6 cm³/mol. The summed E-state index contributed by atoms with van der Waals surface area (Å²) in [7, 11) is 0. The second-order valence-corrected chi connectivity index (χ2v) is 3.42. The van der Waals surface area contributed by atoms with Crippen molar-refractivity contribution in [1.82, 2.24) is 9.78 Å². The Labute approximate surface area is 95.1 Å². The third-order valence-corrected chi connectivity index (χ3v) is 2.21. The van der Waals surface area contributed by atoms with Crippen LogP contribution in [-0.2, 0) is 6.54 Å². The second-order valence-electron chi connectivity index (χ2n) is 3.42. The lowest BCUT2D eigenvalue weighted by atomic mass is 10.2. The number of carboxylic acid groups (broad SMARTS) is 1. The maximum Gasteiger partial charge on any atom is 0.359 e. The van der Waals surface area contributed by atoms with Crippen LogP contribution in [0.1, 0.15) is 16.1 Å². The maximum absolute atomic E-state index is 13.3. The molecule has 1 aromatic carbocycles. The molecule has 2 rings (SSSR count). The molecule has 0 aliphatic carbocycles. The van der Waals surface area contributed by atoms with Crippen molar-refractivity contribution < 1.29 is 18.7 Å². The van der Waals surface area contributed by atoms with Gasteiger partial charge in [0.05, 0.1) is 12.7 Å². The number of benzene rings is 1. The SMILES string of the molecule is O=C(O)c1nn(Cc2ccccc2F)cc1F. The Morgan fingerprint density at radius 2 is 2.00 bits per heavy atom. The largest absolute Gasteiger partial charge is 0.476 e. The third kappa shape index (κ3) is 2.30. The van der Waals surface area contributed by atoms with E-state index in [0.717, 1.165) is 10.9 Å². The minimum atomic E-state index is -1.45. The normalized spacial score (nSPS) is 10.5. The molecule has 0 radical (unpaired) electrons. The molecular formula is C11H8F2N2O2. The minimum Gasteiger partial charge on any atom is -0.476 e. The molecule has 0 bridgehead atoms. The molecular weight excluding hydrogens is 230 g/mol. The molecule has 88 valence electrons. The lowest BCUT2D eigenvalue weighted by molar-refractivity contribution is 0.0684. The van der Waals surface area contributed by atoms with Crippen LogP contribution in [0.25, 0.3) is 0 Å². The van der Waals surface area contributed by atoms with Crippen molar-refractivity contribution in [2.75, 3.05) is 0 Å². The molecule has 0 amide bonds. The van der Waals surface area contributed by atoms with Gasteiger partial charge in [0, 0.05) is 5.56 Å². The first kappa shape index (κ1) is 11.3. The van der Waals surface area contributed by atoms with Crippen LogP contribution in [0, 0.1) is 11.6 Å². The topological polar surface area (TPSA) is 55.1 Å². The highest BCUT2D eigenvalue weighted by atomic mass is 19.1. The van der Waals surface area contributed by atoms with Crippen molar-refractivity contribution in [3.63, 3.8) is 0 Å². The molecule has 1 aromatic heterocycles. The molecule has 0 saturated heterocycles. The van der Waals surface area contributed by atoms with Gasteiger partial charge in [0.25, 0.3) is 0 Å². The van der Waals surface area contributed by atoms with Crippen LogP contribution >= 0.6 is 0 Å². The molecule has 1 heterocycles. The van der Waals surface area contributed by atoms with Crippen LogP contribution in [0.3, 0.4) is 0 Å². The first-order valence-corrected chi connectivity index (χ1v) is 4.77. The van der Waals surface area contributed by atoms with Crippen molar-refractivity contribution in [2.24, 2.45) is 0 Å². The zero-order valence-corrected chi connectivity index (χ0v) is 8.60. The number of aromatic carboxylic acids is 1. The standard InChI is InChI=1S/C11H8F2N2O2/c12-8-4-2-1-3-7(8)5-15-6-9(13)10(14-15)11(16)17/h1-4,6H,5H2,(H,16,17). The van der Waals surface area contributed by atoms with Gasteiger partial charge in [0.1, 0.15) is 5.82 Å². The Kier molecular flexibility index (Phi) is 2.86. The molecule has 0 saturated carbocycles. The second kappa shape index (κ2) is 4.32. The lowest BCUT2D eigenvalue weighted by Gasteiger charge is -2.02. The summed E-state index contributed by atoms with van der Waals surface area (Å²) in [6.45, 7) is -0.0170. The Morgan fingerprint density at radius 3 is 2.59 bits per heavy atom. The van der Waals surface area contributed by atoms with Gasteiger partial charge >= 0.3 is 5.97 Å². The van der Waals surface area contributed by atoms with Crippen LogP contribution in [0.4, 0.5) is 8.78 Å². The molecule has 0 spiro atoms. The van der Waals surface area contributed by atoms with E-state index in [1.54, 1.807) is 6.07 Å². The number of aromatic nitrogens is 2. The number of nitrogens with zero attached hydrogens (tertiary/aromatic N) is 2. The van der Waals surface area contributed by atoms with Crippen molar-refractivity contribution in [3.8, 4) is 0 Å². The van der Waals surface area contributed by atoms with E-state index in [1.807, 2.05) is 0 Å². The highest BCUT2D eigenvalue weighted by molar-refractivity contribution is 5.85.